The second kappa shape index (κ2) is 3.46. The van der Waals surface area contributed by atoms with Crippen molar-refractivity contribution >= 4 is 28.6 Å². The molecule has 0 heterocycles. The number of carbonyl (C=O) groups excluding carboxylic acids is 1. The minimum absolute atomic E-state index is 0.649. The van der Waals surface area contributed by atoms with Crippen LogP contribution < -0.4 is 0 Å². The molecule has 0 aliphatic carbocycles. The Morgan fingerprint density at radius 2 is 2.25 bits per heavy atom. The van der Waals surface area contributed by atoms with Gasteiger partial charge in [-0.1, -0.05) is 0 Å². The molecular formula is C2H3OTe. The van der Waals surface area contributed by atoms with Gasteiger partial charge in [0.05, 0.1) is 0 Å². The summed E-state index contributed by atoms with van der Waals surface area (Å²) in [6, 6.07) is 0. The Kier molecular flexibility index (Phi) is 3.86. The van der Waals surface area contributed by atoms with Gasteiger partial charge in [-0.3, -0.25) is 0 Å². The zero-order chi connectivity index (χ0) is 3.41. The predicted molar refractivity (Wildman–Crippen MR) is 16.6 cm³/mol. The Morgan fingerprint density at radius 1 is 2.00 bits per heavy atom. The molecule has 0 saturated carbocycles. The van der Waals surface area contributed by atoms with Crippen LogP contribution >= 0.6 is 0 Å². The molecule has 0 spiro atoms. The normalized spacial score (nSPS) is 6.25. The molecule has 2 heteroatoms. The van der Waals surface area contributed by atoms with E-state index < -0.39 is 0 Å². The van der Waals surface area contributed by atoms with Gasteiger partial charge < -0.3 is 0 Å². The van der Waals surface area contributed by atoms with Crippen molar-refractivity contribution in [2.24, 2.45) is 0 Å². The van der Waals surface area contributed by atoms with Crippen LogP contribution in [0.3, 0.4) is 0 Å². The van der Waals surface area contributed by atoms with E-state index in [1.165, 1.54) is 0 Å². The van der Waals surface area contributed by atoms with E-state index >= 15 is 0 Å². The summed E-state index contributed by atoms with van der Waals surface area (Å²) >= 11 is 1.76. The molecule has 4 heavy (non-hydrogen) atoms. The molecule has 0 N–H and O–H groups in total. The first kappa shape index (κ1) is 4.46. The van der Waals surface area contributed by atoms with Crippen molar-refractivity contribution in [2.75, 3.05) is 0 Å². The summed E-state index contributed by atoms with van der Waals surface area (Å²) < 4.78 is 0.649. The second-order valence-electron chi connectivity index (χ2n) is 0.333. The molecule has 0 aliphatic rings. The Hall–Kier alpha value is 0.460. The minimum atomic E-state index is 0.649. The van der Waals surface area contributed by atoms with Crippen LogP contribution in [0, 0.1) is 0 Å². The third-order valence-electron chi connectivity index (χ3n) is 0.0680. The summed E-state index contributed by atoms with van der Waals surface area (Å²) in [7, 11) is 0. The van der Waals surface area contributed by atoms with Crippen LogP contribution in [0.25, 0.3) is 0 Å². The van der Waals surface area contributed by atoms with Crippen LogP contribution in [0.5, 0.6) is 0 Å². The van der Waals surface area contributed by atoms with E-state index in [9.17, 15) is 4.79 Å². The zero-order valence-electron chi connectivity index (χ0n) is 2.10. The number of rotatable bonds is 1. The quantitative estimate of drug-likeness (QED) is 0.393. The average molecular weight is 171 g/mol. The molecule has 1 nitrogen and oxygen atoms in total. The van der Waals surface area contributed by atoms with Crippen LogP contribution in [0.4, 0.5) is 0 Å². The van der Waals surface area contributed by atoms with Gasteiger partial charge in [0.1, 0.15) is 0 Å². The summed E-state index contributed by atoms with van der Waals surface area (Å²) in [6.45, 7) is 0. The van der Waals surface area contributed by atoms with E-state index in [0.29, 0.717) is 4.47 Å². The van der Waals surface area contributed by atoms with Gasteiger partial charge in [0, 0.05) is 0 Å². The maximum atomic E-state index is 9.18. The van der Waals surface area contributed by atoms with Crippen LogP contribution in [0.2, 0.25) is 4.47 Å². The molecule has 0 amide bonds. The van der Waals surface area contributed by atoms with Crippen molar-refractivity contribution in [3.63, 3.8) is 0 Å². The second-order valence-corrected chi connectivity index (χ2v) is 1.28. The summed E-state index contributed by atoms with van der Waals surface area (Å²) in [5, 5.41) is 0. The van der Waals surface area contributed by atoms with Crippen LogP contribution in [0.1, 0.15) is 0 Å². The van der Waals surface area contributed by atoms with Gasteiger partial charge in [0.2, 0.25) is 0 Å². The number of hydrogen-bond acceptors (Lipinski definition) is 1. The Balaban J connectivity index is 2.30. The van der Waals surface area contributed by atoms with E-state index in [-0.39, 0.29) is 0 Å². The fourth-order valence-electron chi connectivity index (χ4n) is 0. The molecule has 23 valence electrons. The predicted octanol–water partition coefficient (Wildman–Crippen LogP) is -0.228. The van der Waals surface area contributed by atoms with E-state index in [2.05, 4.69) is 0 Å². The number of hydrogen-bond donors (Lipinski definition) is 0. The fourth-order valence-corrected chi connectivity index (χ4v) is 0. The van der Waals surface area contributed by atoms with Gasteiger partial charge in [-0.2, -0.15) is 0 Å². The Labute approximate surface area is 38.3 Å². The molecular weight excluding hydrogens is 168 g/mol. The van der Waals surface area contributed by atoms with Crippen LogP contribution in [0.15, 0.2) is 0 Å². The van der Waals surface area contributed by atoms with E-state index in [4.69, 9.17) is 0 Å². The fraction of sp³-hybridized carbons (Fsp3) is 0.500. The number of carbonyl (C=O) groups is 1. The Morgan fingerprint density at radius 3 is 2.25 bits per heavy atom. The molecule has 0 aromatic carbocycles. The van der Waals surface area contributed by atoms with Gasteiger partial charge in [0.25, 0.3) is 0 Å². The van der Waals surface area contributed by atoms with Crippen molar-refractivity contribution < 1.29 is 4.79 Å². The molecule has 0 bridgehead atoms. The van der Waals surface area contributed by atoms with Crippen LogP contribution in [-0.2, 0) is 4.79 Å². The van der Waals surface area contributed by atoms with Gasteiger partial charge in [-0.05, 0) is 0 Å². The Bertz CT molecular complexity index is 20.0. The van der Waals surface area contributed by atoms with Gasteiger partial charge in [-0.25, -0.2) is 0 Å². The summed E-state index contributed by atoms with van der Waals surface area (Å²) in [5.74, 6) is 0. The molecule has 0 aromatic heterocycles. The van der Waals surface area contributed by atoms with Gasteiger partial charge in [0.15, 0.2) is 0 Å². The average Bonchev–Trinajstić information content (AvgIpc) is 1.37. The molecule has 0 rings (SSSR count). The first-order valence-electron chi connectivity index (χ1n) is 0.933. The first-order chi connectivity index (χ1) is 1.91. The molecule has 0 fully saturated rings. The third kappa shape index (κ3) is 2.46. The van der Waals surface area contributed by atoms with Gasteiger partial charge in [-0.15, -0.1) is 0 Å². The summed E-state index contributed by atoms with van der Waals surface area (Å²) in [6.07, 6.45) is 0.879. The van der Waals surface area contributed by atoms with E-state index in [0.717, 1.165) is 6.29 Å². The SMILES string of the molecule is O=CC[Te]. The molecule has 0 saturated heterocycles. The van der Waals surface area contributed by atoms with Crippen molar-refractivity contribution in [1.82, 2.24) is 0 Å². The van der Waals surface area contributed by atoms with Gasteiger partial charge >= 0.3 is 37.8 Å². The van der Waals surface area contributed by atoms with E-state index in [1.54, 1.807) is 22.3 Å². The van der Waals surface area contributed by atoms with E-state index in [1.807, 2.05) is 0 Å². The molecule has 1 radical (unpaired) electrons. The van der Waals surface area contributed by atoms with Crippen molar-refractivity contribution in [2.45, 2.75) is 4.47 Å². The van der Waals surface area contributed by atoms with Crippen molar-refractivity contribution in [3.8, 4) is 0 Å². The molecule has 0 aliphatic heterocycles. The molecule has 0 atom stereocenters. The zero-order valence-corrected chi connectivity index (χ0v) is 4.43. The topological polar surface area (TPSA) is 17.1 Å². The monoisotopic (exact) mass is 173 g/mol. The number of aldehydes is 1. The van der Waals surface area contributed by atoms with Crippen molar-refractivity contribution in [1.29, 1.82) is 0 Å². The summed E-state index contributed by atoms with van der Waals surface area (Å²) in [4.78, 5) is 9.18. The maximum absolute atomic E-state index is 9.18. The third-order valence-corrected chi connectivity index (χ3v) is 0.456. The molecule has 0 aromatic rings. The van der Waals surface area contributed by atoms with Crippen LogP contribution in [-0.4, -0.2) is 28.6 Å². The van der Waals surface area contributed by atoms with Crippen molar-refractivity contribution in [3.05, 3.63) is 0 Å². The molecule has 0 unspecified atom stereocenters. The summed E-state index contributed by atoms with van der Waals surface area (Å²) in [5.41, 5.74) is 0. The first-order valence-corrected chi connectivity index (χ1v) is 2.58. The standard InChI is InChI=1S/C2H3OTe/c3-1-2-4/h1H,2H2.